The number of rotatable bonds is 3. The second kappa shape index (κ2) is 5.31. The van der Waals surface area contributed by atoms with Crippen LogP contribution in [0.25, 0.3) is 0 Å². The quantitative estimate of drug-likeness (QED) is 0.779. The minimum Gasteiger partial charge on any atom is -0.326 e. The molecule has 0 bridgehead atoms. The van der Waals surface area contributed by atoms with E-state index in [0.29, 0.717) is 17.4 Å². The molecule has 0 spiro atoms. The van der Waals surface area contributed by atoms with Crippen molar-refractivity contribution < 1.29 is 0 Å². The Kier molecular flexibility index (Phi) is 4.60. The molecule has 0 aromatic carbocycles. The Balaban J connectivity index is 2.38. The third-order valence-corrected chi connectivity index (χ3v) is 3.76. The largest absolute Gasteiger partial charge is 0.326 e. The van der Waals surface area contributed by atoms with Crippen LogP contribution in [0.1, 0.15) is 47.0 Å². The van der Waals surface area contributed by atoms with Gasteiger partial charge in [0.25, 0.3) is 0 Å². The molecule has 90 valence electrons. The van der Waals surface area contributed by atoms with Crippen molar-refractivity contribution >= 4 is 0 Å². The maximum absolute atomic E-state index is 6.12. The van der Waals surface area contributed by atoms with E-state index in [1.54, 1.807) is 0 Å². The summed E-state index contributed by atoms with van der Waals surface area (Å²) in [4.78, 5) is 2.55. The molecule has 0 aromatic rings. The van der Waals surface area contributed by atoms with E-state index in [9.17, 15) is 0 Å². The van der Waals surface area contributed by atoms with Gasteiger partial charge in [-0.15, -0.1) is 0 Å². The zero-order chi connectivity index (χ0) is 11.5. The number of hydrogen-bond donors (Lipinski definition) is 1. The van der Waals surface area contributed by atoms with E-state index in [-0.39, 0.29) is 0 Å². The molecule has 1 heterocycles. The normalized spacial score (nSPS) is 25.2. The maximum atomic E-state index is 6.12. The molecule has 1 saturated heterocycles. The highest BCUT2D eigenvalue weighted by atomic mass is 15.1. The van der Waals surface area contributed by atoms with E-state index in [4.69, 9.17) is 5.73 Å². The predicted molar refractivity (Wildman–Crippen MR) is 66.9 cm³/mol. The van der Waals surface area contributed by atoms with Crippen LogP contribution in [0.2, 0.25) is 0 Å². The van der Waals surface area contributed by atoms with E-state index < -0.39 is 0 Å². The Morgan fingerprint density at radius 3 is 2.47 bits per heavy atom. The molecular weight excluding hydrogens is 184 g/mol. The number of likely N-dealkylation sites (tertiary alicyclic amines) is 1. The number of nitrogens with zero attached hydrogens (tertiary/aromatic N) is 1. The monoisotopic (exact) mass is 212 g/mol. The van der Waals surface area contributed by atoms with Crippen molar-refractivity contribution in [1.82, 2.24) is 4.90 Å². The zero-order valence-electron chi connectivity index (χ0n) is 10.9. The first kappa shape index (κ1) is 13.0. The predicted octanol–water partition coefficient (Wildman–Crippen LogP) is 2.48. The maximum Gasteiger partial charge on any atom is 0.0191 e. The summed E-state index contributed by atoms with van der Waals surface area (Å²) in [6.07, 6.45) is 4.01. The van der Waals surface area contributed by atoms with Crippen LogP contribution in [0.4, 0.5) is 0 Å². The van der Waals surface area contributed by atoms with Gasteiger partial charge in [-0.25, -0.2) is 0 Å². The molecule has 2 N–H and O–H groups in total. The summed E-state index contributed by atoms with van der Waals surface area (Å²) in [5.41, 5.74) is 6.66. The first-order valence-corrected chi connectivity index (χ1v) is 6.39. The number of hydrogen-bond acceptors (Lipinski definition) is 2. The summed E-state index contributed by atoms with van der Waals surface area (Å²) in [6.45, 7) is 12.8. The van der Waals surface area contributed by atoms with Crippen molar-refractivity contribution in [3.05, 3.63) is 0 Å². The molecule has 0 aliphatic carbocycles. The van der Waals surface area contributed by atoms with Crippen LogP contribution in [0.3, 0.4) is 0 Å². The Labute approximate surface area is 95.2 Å². The fourth-order valence-corrected chi connectivity index (χ4v) is 2.17. The van der Waals surface area contributed by atoms with E-state index in [1.165, 1.54) is 32.4 Å². The van der Waals surface area contributed by atoms with Crippen LogP contribution in [0.5, 0.6) is 0 Å². The highest BCUT2D eigenvalue weighted by Crippen LogP contribution is 2.29. The molecule has 15 heavy (non-hydrogen) atoms. The van der Waals surface area contributed by atoms with Crippen molar-refractivity contribution in [3.63, 3.8) is 0 Å². The summed E-state index contributed by atoms with van der Waals surface area (Å²) in [7, 11) is 0. The SMILES string of the molecule is CC(C)C(N)CN1CCCC(C)(C)CC1. The molecule has 1 rings (SSSR count). The van der Waals surface area contributed by atoms with E-state index in [1.807, 2.05) is 0 Å². The Morgan fingerprint density at radius 1 is 1.20 bits per heavy atom. The highest BCUT2D eigenvalue weighted by Gasteiger charge is 2.24. The van der Waals surface area contributed by atoms with Crippen molar-refractivity contribution in [2.75, 3.05) is 19.6 Å². The molecule has 2 heteroatoms. The van der Waals surface area contributed by atoms with Crippen LogP contribution >= 0.6 is 0 Å². The molecule has 0 aromatic heterocycles. The van der Waals surface area contributed by atoms with Gasteiger partial charge in [-0.05, 0) is 43.7 Å². The molecule has 0 radical (unpaired) electrons. The van der Waals surface area contributed by atoms with Crippen molar-refractivity contribution in [3.8, 4) is 0 Å². The van der Waals surface area contributed by atoms with Gasteiger partial charge in [-0.3, -0.25) is 0 Å². The Bertz CT molecular complexity index is 187. The Morgan fingerprint density at radius 2 is 1.87 bits per heavy atom. The van der Waals surface area contributed by atoms with E-state index in [0.717, 1.165) is 6.54 Å². The van der Waals surface area contributed by atoms with Gasteiger partial charge in [-0.2, -0.15) is 0 Å². The lowest BCUT2D eigenvalue weighted by molar-refractivity contribution is 0.233. The van der Waals surface area contributed by atoms with Crippen molar-refractivity contribution in [2.24, 2.45) is 17.1 Å². The molecule has 0 saturated carbocycles. The summed E-state index contributed by atoms with van der Waals surface area (Å²) in [6, 6.07) is 0.339. The zero-order valence-corrected chi connectivity index (χ0v) is 10.9. The van der Waals surface area contributed by atoms with Gasteiger partial charge >= 0.3 is 0 Å². The van der Waals surface area contributed by atoms with Crippen LogP contribution in [-0.2, 0) is 0 Å². The third kappa shape index (κ3) is 4.52. The van der Waals surface area contributed by atoms with Gasteiger partial charge in [0, 0.05) is 12.6 Å². The molecule has 1 fully saturated rings. The van der Waals surface area contributed by atoms with Crippen LogP contribution in [0, 0.1) is 11.3 Å². The topological polar surface area (TPSA) is 29.3 Å². The minimum atomic E-state index is 0.339. The average Bonchev–Trinajstić information content (AvgIpc) is 2.28. The Hall–Kier alpha value is -0.0800. The first-order chi connectivity index (χ1) is 6.91. The molecule has 1 aliphatic heterocycles. The minimum absolute atomic E-state index is 0.339. The molecule has 0 amide bonds. The van der Waals surface area contributed by atoms with E-state index in [2.05, 4.69) is 32.6 Å². The smallest absolute Gasteiger partial charge is 0.0191 e. The van der Waals surface area contributed by atoms with Crippen LogP contribution < -0.4 is 5.73 Å². The van der Waals surface area contributed by atoms with Gasteiger partial charge in [0.1, 0.15) is 0 Å². The van der Waals surface area contributed by atoms with E-state index >= 15 is 0 Å². The lowest BCUT2D eigenvalue weighted by atomic mass is 9.85. The molecule has 1 unspecified atom stereocenters. The number of nitrogens with two attached hydrogens (primary N) is 1. The molecular formula is C13H28N2. The second-order valence-corrected chi connectivity index (χ2v) is 6.23. The van der Waals surface area contributed by atoms with Gasteiger partial charge in [-0.1, -0.05) is 27.7 Å². The highest BCUT2D eigenvalue weighted by molar-refractivity contribution is 4.79. The van der Waals surface area contributed by atoms with Gasteiger partial charge in [0.2, 0.25) is 0 Å². The summed E-state index contributed by atoms with van der Waals surface area (Å²) in [5, 5.41) is 0. The van der Waals surface area contributed by atoms with Gasteiger partial charge in [0.15, 0.2) is 0 Å². The van der Waals surface area contributed by atoms with Crippen molar-refractivity contribution in [1.29, 1.82) is 0 Å². The lowest BCUT2D eigenvalue weighted by Crippen LogP contribution is -2.41. The van der Waals surface area contributed by atoms with Gasteiger partial charge < -0.3 is 10.6 Å². The van der Waals surface area contributed by atoms with Crippen molar-refractivity contribution in [2.45, 2.75) is 53.0 Å². The molecule has 1 aliphatic rings. The fraction of sp³-hybridized carbons (Fsp3) is 1.00. The molecule has 1 atom stereocenters. The third-order valence-electron chi connectivity index (χ3n) is 3.76. The van der Waals surface area contributed by atoms with Crippen LogP contribution in [0.15, 0.2) is 0 Å². The van der Waals surface area contributed by atoms with Crippen LogP contribution in [-0.4, -0.2) is 30.6 Å². The second-order valence-electron chi connectivity index (χ2n) is 6.23. The lowest BCUT2D eigenvalue weighted by Gasteiger charge is -2.27. The van der Waals surface area contributed by atoms with Gasteiger partial charge in [0.05, 0.1) is 0 Å². The standard InChI is InChI=1S/C13H28N2/c1-11(2)12(14)10-15-8-5-6-13(3,4)7-9-15/h11-12H,5-10,14H2,1-4H3. The first-order valence-electron chi connectivity index (χ1n) is 6.39. The summed E-state index contributed by atoms with van der Waals surface area (Å²) < 4.78 is 0. The summed E-state index contributed by atoms with van der Waals surface area (Å²) >= 11 is 0. The molecule has 2 nitrogen and oxygen atoms in total. The average molecular weight is 212 g/mol. The summed E-state index contributed by atoms with van der Waals surface area (Å²) in [5.74, 6) is 0.598. The fourth-order valence-electron chi connectivity index (χ4n) is 2.17.